The third kappa shape index (κ3) is 3.29. The van der Waals surface area contributed by atoms with Crippen LogP contribution in [0.1, 0.15) is 54.6 Å². The molecule has 4 nitrogen and oxygen atoms in total. The van der Waals surface area contributed by atoms with Crippen LogP contribution in [-0.4, -0.2) is 41.2 Å². The standard InChI is InChI=1S/C20H26ClNO3/c1-13-9-14(2)17-15(10-13)16(23)11-20(25-17)5-7-22(8-6-20)18(24)19(3,4)12-21/h9-10H,5-8,11-12H2,1-4H3. The second-order valence-corrected chi connectivity index (χ2v) is 8.42. The van der Waals surface area contributed by atoms with E-state index in [9.17, 15) is 9.59 Å². The van der Waals surface area contributed by atoms with Gasteiger partial charge in [-0.1, -0.05) is 6.07 Å². The first kappa shape index (κ1) is 18.2. The van der Waals surface area contributed by atoms with Crippen LogP contribution in [0.25, 0.3) is 0 Å². The summed E-state index contributed by atoms with van der Waals surface area (Å²) in [5, 5.41) is 0. The van der Waals surface area contributed by atoms with Crippen LogP contribution in [0.5, 0.6) is 5.75 Å². The molecule has 1 amide bonds. The van der Waals surface area contributed by atoms with E-state index in [0.717, 1.165) is 16.9 Å². The van der Waals surface area contributed by atoms with Gasteiger partial charge in [0, 0.05) is 31.8 Å². The lowest BCUT2D eigenvalue weighted by Crippen LogP contribution is -2.54. The van der Waals surface area contributed by atoms with Crippen molar-refractivity contribution in [3.8, 4) is 5.75 Å². The zero-order valence-electron chi connectivity index (χ0n) is 15.4. The number of ketones is 1. The van der Waals surface area contributed by atoms with Gasteiger partial charge < -0.3 is 9.64 Å². The highest BCUT2D eigenvalue weighted by Gasteiger charge is 2.45. The minimum absolute atomic E-state index is 0.0756. The third-order valence-corrected chi connectivity index (χ3v) is 6.06. The van der Waals surface area contributed by atoms with E-state index < -0.39 is 11.0 Å². The zero-order valence-corrected chi connectivity index (χ0v) is 16.2. The number of aryl methyl sites for hydroxylation is 2. The van der Waals surface area contributed by atoms with Gasteiger partial charge in [-0.15, -0.1) is 11.6 Å². The minimum atomic E-state index is -0.560. The molecule has 0 aromatic heterocycles. The molecule has 0 aliphatic carbocycles. The Morgan fingerprint density at radius 2 is 1.92 bits per heavy atom. The Bertz CT molecular complexity index is 718. The second kappa shape index (κ2) is 6.31. The quantitative estimate of drug-likeness (QED) is 0.749. The van der Waals surface area contributed by atoms with E-state index in [1.165, 1.54) is 0 Å². The van der Waals surface area contributed by atoms with Crippen LogP contribution in [0.15, 0.2) is 12.1 Å². The highest BCUT2D eigenvalue weighted by molar-refractivity contribution is 6.19. The number of rotatable bonds is 2. The van der Waals surface area contributed by atoms with Crippen molar-refractivity contribution in [3.05, 3.63) is 28.8 Å². The van der Waals surface area contributed by atoms with Gasteiger partial charge in [-0.3, -0.25) is 9.59 Å². The van der Waals surface area contributed by atoms with Crippen molar-refractivity contribution in [3.63, 3.8) is 0 Å². The summed E-state index contributed by atoms with van der Waals surface area (Å²) in [4.78, 5) is 27.2. The molecule has 5 heteroatoms. The molecular weight excluding hydrogens is 338 g/mol. The highest BCUT2D eigenvalue weighted by atomic mass is 35.5. The first-order chi connectivity index (χ1) is 11.7. The maximum absolute atomic E-state index is 12.7. The molecule has 1 fully saturated rings. The second-order valence-electron chi connectivity index (χ2n) is 8.15. The Morgan fingerprint density at radius 1 is 1.28 bits per heavy atom. The lowest BCUT2D eigenvalue weighted by Gasteiger charge is -2.45. The lowest BCUT2D eigenvalue weighted by molar-refractivity contribution is -0.142. The van der Waals surface area contributed by atoms with Gasteiger partial charge in [0.1, 0.15) is 11.4 Å². The number of halogens is 1. The summed E-state index contributed by atoms with van der Waals surface area (Å²) < 4.78 is 6.37. The van der Waals surface area contributed by atoms with Gasteiger partial charge in [-0.25, -0.2) is 0 Å². The molecule has 0 atom stereocenters. The number of ether oxygens (including phenoxy) is 1. The number of carbonyl (C=O) groups excluding carboxylic acids is 2. The van der Waals surface area contributed by atoms with Crippen LogP contribution in [0.2, 0.25) is 0 Å². The minimum Gasteiger partial charge on any atom is -0.486 e. The normalized spacial score (nSPS) is 19.6. The largest absolute Gasteiger partial charge is 0.486 e. The van der Waals surface area contributed by atoms with Crippen LogP contribution in [-0.2, 0) is 4.79 Å². The van der Waals surface area contributed by atoms with Gasteiger partial charge in [0.25, 0.3) is 0 Å². The number of carbonyl (C=O) groups is 2. The van der Waals surface area contributed by atoms with E-state index in [4.69, 9.17) is 16.3 Å². The average molecular weight is 364 g/mol. The van der Waals surface area contributed by atoms with Crippen LogP contribution in [0.3, 0.4) is 0 Å². The maximum Gasteiger partial charge on any atom is 0.229 e. The molecule has 2 aliphatic heterocycles. The van der Waals surface area contributed by atoms with E-state index in [0.29, 0.717) is 43.8 Å². The van der Waals surface area contributed by atoms with Crippen molar-refractivity contribution in [1.82, 2.24) is 4.90 Å². The number of alkyl halides is 1. The van der Waals surface area contributed by atoms with Gasteiger partial charge in [-0.2, -0.15) is 0 Å². The molecular formula is C20H26ClNO3. The summed E-state index contributed by atoms with van der Waals surface area (Å²) in [6.07, 6.45) is 1.75. The Kier molecular flexibility index (Phi) is 4.61. The first-order valence-corrected chi connectivity index (χ1v) is 9.40. The van der Waals surface area contributed by atoms with Crippen LogP contribution in [0, 0.1) is 19.3 Å². The zero-order chi connectivity index (χ0) is 18.4. The van der Waals surface area contributed by atoms with Gasteiger partial charge in [0.05, 0.1) is 17.4 Å². The van der Waals surface area contributed by atoms with E-state index in [2.05, 4.69) is 0 Å². The van der Waals surface area contributed by atoms with Crippen molar-refractivity contribution in [2.24, 2.45) is 5.41 Å². The van der Waals surface area contributed by atoms with E-state index >= 15 is 0 Å². The van der Waals surface area contributed by atoms with Gasteiger partial charge in [0.2, 0.25) is 5.91 Å². The van der Waals surface area contributed by atoms with Crippen molar-refractivity contribution < 1.29 is 14.3 Å². The van der Waals surface area contributed by atoms with Crippen molar-refractivity contribution in [2.75, 3.05) is 19.0 Å². The molecule has 3 rings (SSSR count). The number of benzene rings is 1. The molecule has 0 unspecified atom stereocenters. The molecule has 0 bridgehead atoms. The van der Waals surface area contributed by atoms with Gasteiger partial charge in [0.15, 0.2) is 5.78 Å². The Labute approximate surface area is 154 Å². The lowest BCUT2D eigenvalue weighted by atomic mass is 9.81. The van der Waals surface area contributed by atoms with Gasteiger partial charge in [-0.05, 0) is 44.9 Å². The number of hydrogen-bond acceptors (Lipinski definition) is 3. The third-order valence-electron chi connectivity index (χ3n) is 5.40. The molecule has 2 heterocycles. The molecule has 0 saturated carbocycles. The summed E-state index contributed by atoms with van der Waals surface area (Å²) in [5.41, 5.74) is 1.74. The number of piperidine rings is 1. The van der Waals surface area contributed by atoms with Crippen LogP contribution < -0.4 is 4.74 Å². The topological polar surface area (TPSA) is 46.6 Å². The molecule has 2 aliphatic rings. The van der Waals surface area contributed by atoms with E-state index in [-0.39, 0.29) is 11.7 Å². The average Bonchev–Trinajstić information content (AvgIpc) is 2.56. The molecule has 1 aromatic carbocycles. The highest BCUT2D eigenvalue weighted by Crippen LogP contribution is 2.41. The summed E-state index contributed by atoms with van der Waals surface area (Å²) >= 11 is 5.94. The predicted octanol–water partition coefficient (Wildman–Crippen LogP) is 3.89. The summed E-state index contributed by atoms with van der Waals surface area (Å²) in [7, 11) is 0. The molecule has 0 radical (unpaired) electrons. The predicted molar refractivity (Wildman–Crippen MR) is 98.5 cm³/mol. The van der Waals surface area contributed by atoms with Crippen molar-refractivity contribution in [2.45, 2.75) is 52.6 Å². The number of fused-ring (bicyclic) bond motifs is 1. The monoisotopic (exact) mass is 363 g/mol. The SMILES string of the molecule is Cc1cc(C)c2c(c1)C(=O)CC1(CCN(C(=O)C(C)(C)CCl)CC1)O2. The van der Waals surface area contributed by atoms with Crippen LogP contribution >= 0.6 is 11.6 Å². The maximum atomic E-state index is 12.7. The fraction of sp³-hybridized carbons (Fsp3) is 0.600. The number of amides is 1. The smallest absolute Gasteiger partial charge is 0.229 e. The van der Waals surface area contributed by atoms with E-state index in [1.807, 2.05) is 44.7 Å². The first-order valence-electron chi connectivity index (χ1n) is 8.86. The number of Topliss-reactive ketones (excluding diaryl/α,β-unsaturated/α-hetero) is 1. The number of nitrogens with zero attached hydrogens (tertiary/aromatic N) is 1. The van der Waals surface area contributed by atoms with Crippen molar-refractivity contribution >= 4 is 23.3 Å². The molecule has 1 spiro atoms. The Hall–Kier alpha value is -1.55. The molecule has 1 saturated heterocycles. The Balaban J connectivity index is 1.78. The fourth-order valence-electron chi connectivity index (χ4n) is 3.82. The molecule has 0 N–H and O–H groups in total. The molecule has 1 aromatic rings. The number of hydrogen-bond donors (Lipinski definition) is 0. The number of likely N-dealkylation sites (tertiary alicyclic amines) is 1. The summed E-state index contributed by atoms with van der Waals surface area (Å²) in [6, 6.07) is 3.96. The molecule has 136 valence electrons. The van der Waals surface area contributed by atoms with E-state index in [1.54, 1.807) is 0 Å². The van der Waals surface area contributed by atoms with Crippen LogP contribution in [0.4, 0.5) is 0 Å². The fourth-order valence-corrected chi connectivity index (χ4v) is 3.93. The molecule has 25 heavy (non-hydrogen) atoms. The Morgan fingerprint density at radius 3 is 2.52 bits per heavy atom. The summed E-state index contributed by atoms with van der Waals surface area (Å²) in [6.45, 7) is 8.93. The van der Waals surface area contributed by atoms with Crippen molar-refractivity contribution in [1.29, 1.82) is 0 Å². The summed E-state index contributed by atoms with van der Waals surface area (Å²) in [5.74, 6) is 1.25. The van der Waals surface area contributed by atoms with Gasteiger partial charge >= 0.3 is 0 Å².